The minimum Gasteiger partial charge on any atom is -0.465 e. The van der Waals surface area contributed by atoms with Crippen molar-refractivity contribution in [3.8, 4) is 5.75 Å². The first-order valence-electron chi connectivity index (χ1n) is 6.17. The van der Waals surface area contributed by atoms with Crippen molar-refractivity contribution < 1.29 is 4.74 Å². The third-order valence-corrected chi connectivity index (χ3v) is 3.56. The van der Waals surface area contributed by atoms with Gasteiger partial charge < -0.3 is 4.74 Å². The molecular weight excluding hydrogens is 300 g/mol. The van der Waals surface area contributed by atoms with E-state index in [1.165, 1.54) is 21.5 Å². The molecule has 3 rings (SSSR count). The molecule has 94 valence electrons. The Hall–Kier alpha value is -1.80. The highest BCUT2D eigenvalue weighted by molar-refractivity contribution is 9.10. The highest BCUT2D eigenvalue weighted by Gasteiger charge is 2.01. The number of rotatable bonds is 2. The van der Waals surface area contributed by atoms with Gasteiger partial charge in [0.05, 0.1) is 6.26 Å². The molecule has 0 aliphatic carbocycles. The predicted molar refractivity (Wildman–Crippen MR) is 84.6 cm³/mol. The Morgan fingerprint density at radius 3 is 2.26 bits per heavy atom. The Labute approximate surface area is 120 Å². The van der Waals surface area contributed by atoms with Gasteiger partial charge in [0.15, 0.2) is 0 Å². The SMILES string of the molecule is CC=COc1ccc2cc3cc(Br)ccc3cc2c1. The van der Waals surface area contributed by atoms with Crippen LogP contribution in [0.5, 0.6) is 5.75 Å². The van der Waals surface area contributed by atoms with Crippen LogP contribution in [0.2, 0.25) is 0 Å². The van der Waals surface area contributed by atoms with Crippen molar-refractivity contribution in [2.24, 2.45) is 0 Å². The van der Waals surface area contributed by atoms with Crippen LogP contribution in [0.1, 0.15) is 6.92 Å². The lowest BCUT2D eigenvalue weighted by atomic mass is 10.0. The molecule has 1 nitrogen and oxygen atoms in total. The Bertz CT molecular complexity index is 775. The number of fused-ring (bicyclic) bond motifs is 2. The summed E-state index contributed by atoms with van der Waals surface area (Å²) < 4.78 is 6.61. The van der Waals surface area contributed by atoms with Gasteiger partial charge in [-0.3, -0.25) is 0 Å². The summed E-state index contributed by atoms with van der Waals surface area (Å²) in [6, 6.07) is 16.9. The molecule has 0 aliphatic rings. The fraction of sp³-hybridized carbons (Fsp3) is 0.0588. The Kier molecular flexibility index (Phi) is 3.26. The summed E-state index contributed by atoms with van der Waals surface area (Å²) in [5.74, 6) is 0.863. The molecule has 0 bridgehead atoms. The molecule has 0 spiro atoms. The van der Waals surface area contributed by atoms with E-state index >= 15 is 0 Å². The normalized spacial score (nSPS) is 11.5. The standard InChI is InChI=1S/C17H13BrO/c1-2-7-19-17-6-4-13-8-14-10-16(18)5-3-12(14)9-15(13)11-17/h2-11H,1H3. The topological polar surface area (TPSA) is 9.23 Å². The van der Waals surface area contributed by atoms with E-state index in [1.807, 2.05) is 19.1 Å². The summed E-state index contributed by atoms with van der Waals surface area (Å²) in [7, 11) is 0. The number of halogens is 1. The first-order valence-corrected chi connectivity index (χ1v) is 6.96. The number of hydrogen-bond acceptors (Lipinski definition) is 1. The lowest BCUT2D eigenvalue weighted by Gasteiger charge is -2.05. The van der Waals surface area contributed by atoms with E-state index in [0.717, 1.165) is 10.2 Å². The maximum absolute atomic E-state index is 5.51. The Morgan fingerprint density at radius 1 is 0.842 bits per heavy atom. The second-order valence-corrected chi connectivity index (χ2v) is 5.36. The van der Waals surface area contributed by atoms with Gasteiger partial charge in [-0.15, -0.1) is 0 Å². The predicted octanol–water partition coefficient (Wildman–Crippen LogP) is 5.67. The highest BCUT2D eigenvalue weighted by Crippen LogP contribution is 2.28. The van der Waals surface area contributed by atoms with E-state index in [2.05, 4.69) is 58.4 Å². The number of benzene rings is 3. The quantitative estimate of drug-likeness (QED) is 0.437. The zero-order valence-corrected chi connectivity index (χ0v) is 12.1. The third-order valence-electron chi connectivity index (χ3n) is 3.07. The zero-order valence-electron chi connectivity index (χ0n) is 10.6. The van der Waals surface area contributed by atoms with Crippen molar-refractivity contribution in [1.82, 2.24) is 0 Å². The zero-order chi connectivity index (χ0) is 13.2. The van der Waals surface area contributed by atoms with Crippen LogP contribution in [0, 0.1) is 0 Å². The van der Waals surface area contributed by atoms with Gasteiger partial charge in [-0.1, -0.05) is 34.1 Å². The van der Waals surface area contributed by atoms with Crippen LogP contribution in [0.15, 0.2) is 65.3 Å². The van der Waals surface area contributed by atoms with Gasteiger partial charge in [0.1, 0.15) is 5.75 Å². The maximum Gasteiger partial charge on any atom is 0.127 e. The monoisotopic (exact) mass is 312 g/mol. The van der Waals surface area contributed by atoms with E-state index < -0.39 is 0 Å². The van der Waals surface area contributed by atoms with E-state index in [-0.39, 0.29) is 0 Å². The van der Waals surface area contributed by atoms with Gasteiger partial charge in [0, 0.05) is 4.47 Å². The molecule has 0 aromatic heterocycles. The third kappa shape index (κ3) is 2.49. The lowest BCUT2D eigenvalue weighted by Crippen LogP contribution is -1.82. The van der Waals surface area contributed by atoms with E-state index in [4.69, 9.17) is 4.74 Å². The van der Waals surface area contributed by atoms with Crippen LogP contribution in [-0.2, 0) is 0 Å². The number of allylic oxidation sites excluding steroid dienone is 1. The van der Waals surface area contributed by atoms with Crippen LogP contribution in [-0.4, -0.2) is 0 Å². The summed E-state index contributed by atoms with van der Waals surface area (Å²) in [6.45, 7) is 1.94. The summed E-state index contributed by atoms with van der Waals surface area (Å²) in [5.41, 5.74) is 0. The molecule has 0 saturated heterocycles. The van der Waals surface area contributed by atoms with Gasteiger partial charge in [-0.2, -0.15) is 0 Å². The molecule has 3 aromatic carbocycles. The van der Waals surface area contributed by atoms with Crippen molar-refractivity contribution in [2.45, 2.75) is 6.92 Å². The molecule has 0 radical (unpaired) electrons. The molecule has 2 heteroatoms. The van der Waals surface area contributed by atoms with Crippen LogP contribution >= 0.6 is 15.9 Å². The Balaban J connectivity index is 2.17. The summed E-state index contributed by atoms with van der Waals surface area (Å²) in [4.78, 5) is 0. The van der Waals surface area contributed by atoms with Gasteiger partial charge in [0.25, 0.3) is 0 Å². The van der Waals surface area contributed by atoms with Crippen molar-refractivity contribution in [2.75, 3.05) is 0 Å². The van der Waals surface area contributed by atoms with Crippen LogP contribution in [0.25, 0.3) is 21.5 Å². The summed E-state index contributed by atoms with van der Waals surface area (Å²) in [6.07, 6.45) is 3.57. The molecule has 19 heavy (non-hydrogen) atoms. The van der Waals surface area contributed by atoms with E-state index in [9.17, 15) is 0 Å². The van der Waals surface area contributed by atoms with Crippen LogP contribution in [0.4, 0.5) is 0 Å². The van der Waals surface area contributed by atoms with Crippen molar-refractivity contribution in [3.05, 3.63) is 65.3 Å². The van der Waals surface area contributed by atoms with Crippen molar-refractivity contribution >= 4 is 37.5 Å². The first kappa shape index (κ1) is 12.2. The minimum atomic E-state index is 0.863. The molecule has 0 atom stereocenters. The first-order chi connectivity index (χ1) is 9.26. The average molecular weight is 313 g/mol. The smallest absolute Gasteiger partial charge is 0.127 e. The fourth-order valence-electron chi connectivity index (χ4n) is 2.17. The number of hydrogen-bond donors (Lipinski definition) is 0. The van der Waals surface area contributed by atoms with Gasteiger partial charge in [-0.05, 0) is 64.9 Å². The van der Waals surface area contributed by atoms with Gasteiger partial charge >= 0.3 is 0 Å². The summed E-state index contributed by atoms with van der Waals surface area (Å²) >= 11 is 3.51. The molecule has 0 fully saturated rings. The molecule has 0 saturated carbocycles. The molecule has 0 heterocycles. The van der Waals surface area contributed by atoms with Crippen molar-refractivity contribution in [3.63, 3.8) is 0 Å². The molecule has 3 aromatic rings. The highest BCUT2D eigenvalue weighted by atomic mass is 79.9. The molecule has 0 unspecified atom stereocenters. The lowest BCUT2D eigenvalue weighted by molar-refractivity contribution is 0.481. The Morgan fingerprint density at radius 2 is 1.53 bits per heavy atom. The molecule has 0 amide bonds. The molecular formula is C17H13BrO. The molecule has 0 N–H and O–H groups in total. The minimum absolute atomic E-state index is 0.863. The average Bonchev–Trinajstić information content (AvgIpc) is 2.42. The second-order valence-electron chi connectivity index (χ2n) is 4.44. The van der Waals surface area contributed by atoms with Gasteiger partial charge in [-0.25, -0.2) is 0 Å². The second kappa shape index (κ2) is 5.06. The van der Waals surface area contributed by atoms with E-state index in [1.54, 1.807) is 6.26 Å². The van der Waals surface area contributed by atoms with Crippen LogP contribution in [0.3, 0.4) is 0 Å². The molecule has 0 aliphatic heterocycles. The number of ether oxygens (including phenoxy) is 1. The van der Waals surface area contributed by atoms with Crippen molar-refractivity contribution in [1.29, 1.82) is 0 Å². The largest absolute Gasteiger partial charge is 0.465 e. The van der Waals surface area contributed by atoms with Gasteiger partial charge in [0.2, 0.25) is 0 Å². The maximum atomic E-state index is 5.51. The van der Waals surface area contributed by atoms with Crippen LogP contribution < -0.4 is 4.74 Å². The summed E-state index contributed by atoms with van der Waals surface area (Å²) in [5, 5.41) is 4.89. The van der Waals surface area contributed by atoms with E-state index in [0.29, 0.717) is 0 Å². The fourth-order valence-corrected chi connectivity index (χ4v) is 2.55.